The number of aromatic nitrogens is 2. The van der Waals surface area contributed by atoms with Gasteiger partial charge in [-0.15, -0.1) is 0 Å². The molecule has 0 spiro atoms. The van der Waals surface area contributed by atoms with Crippen molar-refractivity contribution < 1.29 is 9.18 Å². The minimum Gasteiger partial charge on any atom is -0.337 e. The van der Waals surface area contributed by atoms with Crippen molar-refractivity contribution in [1.29, 1.82) is 0 Å². The number of amides is 1. The summed E-state index contributed by atoms with van der Waals surface area (Å²) in [6.45, 7) is 3.40. The van der Waals surface area contributed by atoms with Crippen LogP contribution in [0.3, 0.4) is 0 Å². The predicted molar refractivity (Wildman–Crippen MR) is 81.1 cm³/mol. The zero-order chi connectivity index (χ0) is 16.0. The zero-order valence-electron chi connectivity index (χ0n) is 12.6. The Morgan fingerprint density at radius 1 is 1.30 bits per heavy atom. The lowest BCUT2D eigenvalue weighted by Crippen LogP contribution is -2.39. The molecule has 23 heavy (non-hydrogen) atoms. The summed E-state index contributed by atoms with van der Waals surface area (Å²) in [5.41, 5.74) is 7.76. The molecule has 1 fully saturated rings. The quantitative estimate of drug-likeness (QED) is 0.765. The number of hydrazine groups is 1. The first-order chi connectivity index (χ1) is 11.1. The number of fused-ring (bicyclic) bond motifs is 1. The van der Waals surface area contributed by atoms with Gasteiger partial charge in [0.2, 0.25) is 0 Å². The van der Waals surface area contributed by atoms with Crippen molar-refractivity contribution in [3.8, 4) is 0 Å². The molecule has 7 heteroatoms. The molecule has 0 saturated carbocycles. The van der Waals surface area contributed by atoms with Crippen molar-refractivity contribution >= 4 is 5.91 Å². The van der Waals surface area contributed by atoms with Crippen molar-refractivity contribution in [2.75, 3.05) is 13.1 Å². The van der Waals surface area contributed by atoms with Gasteiger partial charge in [-0.25, -0.2) is 14.4 Å². The van der Waals surface area contributed by atoms with Gasteiger partial charge in [0.05, 0.1) is 6.20 Å². The van der Waals surface area contributed by atoms with Gasteiger partial charge in [0.1, 0.15) is 17.6 Å². The Hall–Kier alpha value is -2.38. The monoisotopic (exact) mass is 313 g/mol. The van der Waals surface area contributed by atoms with Crippen LogP contribution in [0.5, 0.6) is 0 Å². The van der Waals surface area contributed by atoms with Gasteiger partial charge in [-0.3, -0.25) is 15.6 Å². The fourth-order valence-corrected chi connectivity index (χ4v) is 3.37. The molecule has 0 aliphatic carbocycles. The third-order valence-corrected chi connectivity index (χ3v) is 4.62. The molecule has 0 radical (unpaired) electrons. The summed E-state index contributed by atoms with van der Waals surface area (Å²) in [5, 5.41) is 2.87. The smallest absolute Gasteiger partial charge is 0.252 e. The number of benzene rings is 1. The predicted octanol–water partition coefficient (Wildman–Crippen LogP) is 0.814. The summed E-state index contributed by atoms with van der Waals surface area (Å²) >= 11 is 0. The van der Waals surface area contributed by atoms with Gasteiger partial charge in [-0.05, 0) is 24.1 Å². The maximum atomic E-state index is 14.1. The Labute approximate surface area is 132 Å². The van der Waals surface area contributed by atoms with Gasteiger partial charge in [0.25, 0.3) is 5.91 Å². The second-order valence-electron chi connectivity index (χ2n) is 6.06. The van der Waals surface area contributed by atoms with Crippen LogP contribution in [0, 0.1) is 5.82 Å². The van der Waals surface area contributed by atoms with Crippen molar-refractivity contribution in [1.82, 2.24) is 26.1 Å². The average molecular weight is 313 g/mol. The van der Waals surface area contributed by atoms with Gasteiger partial charge in [-0.2, -0.15) is 0 Å². The van der Waals surface area contributed by atoms with Crippen LogP contribution in [-0.4, -0.2) is 29.0 Å². The minimum absolute atomic E-state index is 0.177. The first-order valence-corrected chi connectivity index (χ1v) is 7.48. The van der Waals surface area contributed by atoms with Crippen LogP contribution in [0.4, 0.5) is 4.39 Å². The summed E-state index contributed by atoms with van der Waals surface area (Å²) in [6, 6.07) is 5.78. The molecule has 2 aliphatic heterocycles. The van der Waals surface area contributed by atoms with Gasteiger partial charge in [-0.1, -0.05) is 12.1 Å². The topological polar surface area (TPSA) is 78.9 Å². The van der Waals surface area contributed by atoms with Crippen LogP contribution >= 0.6 is 0 Å². The highest BCUT2D eigenvalue weighted by Crippen LogP contribution is 2.37. The van der Waals surface area contributed by atoms with E-state index in [1.807, 2.05) is 18.2 Å². The highest BCUT2D eigenvalue weighted by atomic mass is 19.1. The summed E-state index contributed by atoms with van der Waals surface area (Å²) < 4.78 is 14.1. The fraction of sp³-hybridized carbons (Fsp3) is 0.312. The van der Waals surface area contributed by atoms with Gasteiger partial charge < -0.3 is 5.32 Å². The lowest BCUT2D eigenvalue weighted by molar-refractivity contribution is 0.0943. The van der Waals surface area contributed by atoms with E-state index in [1.54, 1.807) is 6.92 Å². The average Bonchev–Trinajstić information content (AvgIpc) is 3.16. The summed E-state index contributed by atoms with van der Waals surface area (Å²) in [7, 11) is 0. The maximum Gasteiger partial charge on any atom is 0.252 e. The normalized spacial score (nSPS) is 23.8. The number of hydrogen-bond donors (Lipinski definition) is 3. The zero-order valence-corrected chi connectivity index (χ0v) is 12.6. The van der Waals surface area contributed by atoms with Crippen molar-refractivity contribution in [3.63, 3.8) is 0 Å². The van der Waals surface area contributed by atoms with E-state index in [4.69, 9.17) is 0 Å². The number of carbonyl (C=O) groups excluding carboxylic acids is 1. The summed E-state index contributed by atoms with van der Waals surface area (Å²) in [5.74, 6) is -0.423. The molecule has 0 unspecified atom stereocenters. The first-order valence-electron chi connectivity index (χ1n) is 7.48. The Morgan fingerprint density at radius 2 is 2.09 bits per heavy atom. The molecule has 3 heterocycles. The Balaban J connectivity index is 1.81. The lowest BCUT2D eigenvalue weighted by Gasteiger charge is -2.25. The number of rotatable bonds is 2. The summed E-state index contributed by atoms with van der Waals surface area (Å²) in [4.78, 5) is 20.1. The molecular formula is C16H16FN5O. The lowest BCUT2D eigenvalue weighted by atomic mass is 9.86. The largest absolute Gasteiger partial charge is 0.337 e. The molecule has 4 rings (SSSR count). The molecule has 6 nitrogen and oxygen atoms in total. The number of halogens is 1. The molecule has 1 aromatic carbocycles. The van der Waals surface area contributed by atoms with E-state index in [2.05, 4.69) is 26.1 Å². The summed E-state index contributed by atoms with van der Waals surface area (Å²) in [6.07, 6.45) is 2.40. The molecule has 1 saturated heterocycles. The van der Waals surface area contributed by atoms with Crippen molar-refractivity contribution in [3.05, 3.63) is 58.9 Å². The fourth-order valence-electron chi connectivity index (χ4n) is 3.37. The van der Waals surface area contributed by atoms with E-state index in [1.165, 1.54) is 6.33 Å². The molecule has 2 aromatic rings. The van der Waals surface area contributed by atoms with E-state index in [-0.39, 0.29) is 11.6 Å². The standard InChI is InChI=1S/C16H16FN5O/c1-16(14-13(17)7-18-8-19-14)12-3-2-9(10-5-20-21-6-10)4-11(12)15(23)22-16/h2-4,7-8,10,20-21H,5-6H2,1H3,(H,22,23)/t16-/m1/s1. The van der Waals surface area contributed by atoms with Gasteiger partial charge in [0, 0.05) is 24.6 Å². The van der Waals surface area contributed by atoms with Gasteiger partial charge in [0.15, 0.2) is 5.82 Å². The van der Waals surface area contributed by atoms with E-state index >= 15 is 0 Å². The third kappa shape index (κ3) is 2.12. The highest BCUT2D eigenvalue weighted by Gasteiger charge is 2.43. The molecule has 1 atom stereocenters. The maximum absolute atomic E-state index is 14.1. The number of nitrogens with one attached hydrogen (secondary N) is 3. The van der Waals surface area contributed by atoms with Crippen LogP contribution in [0.2, 0.25) is 0 Å². The molecule has 3 N–H and O–H groups in total. The number of nitrogens with zero attached hydrogens (tertiary/aromatic N) is 2. The van der Waals surface area contributed by atoms with E-state index in [9.17, 15) is 9.18 Å². The SMILES string of the molecule is C[C@@]1(c2ncncc2F)NC(=O)c2cc(C3CNNC3)ccc21. The van der Waals surface area contributed by atoms with Crippen LogP contribution in [0.15, 0.2) is 30.7 Å². The molecule has 2 aliphatic rings. The molecule has 0 bridgehead atoms. The van der Waals surface area contributed by atoms with Crippen LogP contribution in [0.1, 0.15) is 40.0 Å². The van der Waals surface area contributed by atoms with E-state index in [0.717, 1.165) is 30.4 Å². The Kier molecular flexibility index (Phi) is 3.14. The molecule has 1 aromatic heterocycles. The third-order valence-electron chi connectivity index (χ3n) is 4.62. The second-order valence-corrected chi connectivity index (χ2v) is 6.06. The Bertz CT molecular complexity index is 790. The van der Waals surface area contributed by atoms with Crippen molar-refractivity contribution in [2.24, 2.45) is 0 Å². The first kappa shape index (κ1) is 14.2. The van der Waals surface area contributed by atoms with Crippen molar-refractivity contribution in [2.45, 2.75) is 18.4 Å². The second kappa shape index (κ2) is 5.07. The van der Waals surface area contributed by atoms with E-state index < -0.39 is 11.4 Å². The van der Waals surface area contributed by atoms with Crippen LogP contribution in [-0.2, 0) is 5.54 Å². The van der Waals surface area contributed by atoms with E-state index in [0.29, 0.717) is 11.5 Å². The minimum atomic E-state index is -0.982. The number of hydrogen-bond acceptors (Lipinski definition) is 5. The molecule has 1 amide bonds. The molecule has 118 valence electrons. The van der Waals surface area contributed by atoms with Gasteiger partial charge >= 0.3 is 0 Å². The van der Waals surface area contributed by atoms with Crippen LogP contribution < -0.4 is 16.2 Å². The Morgan fingerprint density at radius 3 is 2.83 bits per heavy atom. The van der Waals surface area contributed by atoms with Crippen LogP contribution in [0.25, 0.3) is 0 Å². The molecular weight excluding hydrogens is 297 g/mol. The number of carbonyl (C=O) groups is 1. The highest BCUT2D eigenvalue weighted by molar-refractivity contribution is 6.00.